The lowest BCUT2D eigenvalue weighted by atomic mass is 9.98. The fourth-order valence-electron chi connectivity index (χ4n) is 5.84. The molecule has 3 aliphatic rings. The van der Waals surface area contributed by atoms with Crippen molar-refractivity contribution in [1.82, 2.24) is 18.9 Å². The van der Waals surface area contributed by atoms with E-state index in [1.54, 1.807) is 11.1 Å². The van der Waals surface area contributed by atoms with Gasteiger partial charge in [0.15, 0.2) is 0 Å². The van der Waals surface area contributed by atoms with Gasteiger partial charge < -0.3 is 9.13 Å². The molecule has 0 N–H and O–H groups in total. The molecule has 160 valence electrons. The molecule has 0 saturated carbocycles. The van der Waals surface area contributed by atoms with Crippen LogP contribution in [-0.4, -0.2) is 45.1 Å². The zero-order valence-electron chi connectivity index (χ0n) is 18.4. The van der Waals surface area contributed by atoms with Crippen LogP contribution >= 0.6 is 0 Å². The van der Waals surface area contributed by atoms with Crippen LogP contribution < -0.4 is 0 Å². The molecule has 1 saturated heterocycles. The number of aryl methyl sites for hydroxylation is 2. The lowest BCUT2D eigenvalue weighted by molar-refractivity contribution is 0.119. The summed E-state index contributed by atoms with van der Waals surface area (Å²) in [6.45, 7) is 14.8. The van der Waals surface area contributed by atoms with Gasteiger partial charge in [0.05, 0.1) is 0 Å². The summed E-state index contributed by atoms with van der Waals surface area (Å²) in [6.07, 6.45) is 14.3. The van der Waals surface area contributed by atoms with Crippen molar-refractivity contribution in [1.29, 1.82) is 0 Å². The van der Waals surface area contributed by atoms with Crippen molar-refractivity contribution in [2.75, 3.05) is 26.2 Å². The summed E-state index contributed by atoms with van der Waals surface area (Å²) in [7, 11) is 0. The second-order valence-electron chi connectivity index (χ2n) is 9.29. The highest BCUT2D eigenvalue weighted by Crippen LogP contribution is 2.28. The maximum atomic E-state index is 4.09. The van der Waals surface area contributed by atoms with E-state index < -0.39 is 0 Å². The Bertz CT molecular complexity index is 847. The molecule has 1 aliphatic heterocycles. The third kappa shape index (κ3) is 3.72. The lowest BCUT2D eigenvalue weighted by Gasteiger charge is -2.34. The van der Waals surface area contributed by atoms with Gasteiger partial charge in [-0.2, -0.15) is 0 Å². The SMILES string of the molecule is C=Cn1c(CN2CCN(Cc3cc4c(n3C=C)CCCC4)CC2)cc2c1CCCC2. The van der Waals surface area contributed by atoms with Gasteiger partial charge in [-0.05, 0) is 74.6 Å². The molecule has 0 amide bonds. The predicted molar refractivity (Wildman–Crippen MR) is 125 cm³/mol. The average Bonchev–Trinajstić information content (AvgIpc) is 3.31. The maximum Gasteiger partial charge on any atom is 0.0391 e. The quantitative estimate of drug-likeness (QED) is 0.701. The second kappa shape index (κ2) is 8.60. The van der Waals surface area contributed by atoms with Crippen LogP contribution in [0.25, 0.3) is 12.4 Å². The molecule has 3 heterocycles. The summed E-state index contributed by atoms with van der Waals surface area (Å²) in [6, 6.07) is 4.90. The first kappa shape index (κ1) is 19.9. The first-order valence-electron chi connectivity index (χ1n) is 11.9. The van der Waals surface area contributed by atoms with Crippen molar-refractivity contribution in [3.8, 4) is 0 Å². The molecule has 0 atom stereocenters. The normalized spacial score (nSPS) is 20.0. The molecule has 2 aromatic rings. The molecule has 2 aliphatic carbocycles. The van der Waals surface area contributed by atoms with Crippen molar-refractivity contribution in [2.24, 2.45) is 0 Å². The van der Waals surface area contributed by atoms with Gasteiger partial charge in [0.2, 0.25) is 0 Å². The highest BCUT2D eigenvalue weighted by atomic mass is 15.3. The van der Waals surface area contributed by atoms with Crippen LogP contribution in [0.1, 0.15) is 59.6 Å². The van der Waals surface area contributed by atoms with Crippen LogP contribution in [-0.2, 0) is 38.8 Å². The third-order valence-corrected chi connectivity index (χ3v) is 7.44. The van der Waals surface area contributed by atoms with Gasteiger partial charge in [-0.1, -0.05) is 13.2 Å². The molecule has 30 heavy (non-hydrogen) atoms. The van der Waals surface area contributed by atoms with E-state index in [-0.39, 0.29) is 0 Å². The molecule has 0 spiro atoms. The highest BCUT2D eigenvalue weighted by molar-refractivity contribution is 5.39. The second-order valence-corrected chi connectivity index (χ2v) is 9.29. The summed E-state index contributed by atoms with van der Waals surface area (Å²) in [5.74, 6) is 0. The van der Waals surface area contributed by atoms with Gasteiger partial charge in [-0.15, -0.1) is 0 Å². The van der Waals surface area contributed by atoms with Gasteiger partial charge in [0.1, 0.15) is 0 Å². The molecule has 4 heteroatoms. The molecular formula is C26H36N4. The molecule has 0 bridgehead atoms. The zero-order valence-corrected chi connectivity index (χ0v) is 18.4. The topological polar surface area (TPSA) is 16.3 Å². The van der Waals surface area contributed by atoms with E-state index in [0.717, 1.165) is 39.3 Å². The number of fused-ring (bicyclic) bond motifs is 2. The highest BCUT2D eigenvalue weighted by Gasteiger charge is 2.23. The Morgan fingerprint density at radius 1 is 0.633 bits per heavy atom. The number of piperazine rings is 1. The van der Waals surface area contributed by atoms with Gasteiger partial charge in [-0.3, -0.25) is 9.80 Å². The summed E-state index contributed by atoms with van der Waals surface area (Å²) in [4.78, 5) is 5.24. The van der Waals surface area contributed by atoms with Gasteiger partial charge in [-0.25, -0.2) is 0 Å². The van der Waals surface area contributed by atoms with Crippen LogP contribution in [0, 0.1) is 0 Å². The lowest BCUT2D eigenvalue weighted by Crippen LogP contribution is -2.45. The fraction of sp³-hybridized carbons (Fsp3) is 0.538. The number of hydrogen-bond donors (Lipinski definition) is 0. The summed E-state index contributed by atoms with van der Waals surface area (Å²) in [5.41, 5.74) is 9.00. The minimum Gasteiger partial charge on any atom is -0.324 e. The van der Waals surface area contributed by atoms with Crippen molar-refractivity contribution in [3.05, 3.63) is 59.2 Å². The third-order valence-electron chi connectivity index (χ3n) is 7.44. The molecule has 4 nitrogen and oxygen atoms in total. The van der Waals surface area contributed by atoms with Crippen LogP contribution in [0.15, 0.2) is 25.3 Å². The van der Waals surface area contributed by atoms with Crippen LogP contribution in [0.5, 0.6) is 0 Å². The van der Waals surface area contributed by atoms with Crippen LogP contribution in [0.3, 0.4) is 0 Å². The van der Waals surface area contributed by atoms with E-state index in [0.29, 0.717) is 0 Å². The van der Waals surface area contributed by atoms with E-state index in [1.165, 1.54) is 74.1 Å². The van der Waals surface area contributed by atoms with Crippen molar-refractivity contribution in [3.63, 3.8) is 0 Å². The van der Waals surface area contributed by atoms with E-state index in [9.17, 15) is 0 Å². The average molecular weight is 405 g/mol. The van der Waals surface area contributed by atoms with Gasteiger partial charge in [0, 0.05) is 74.4 Å². The molecular weight excluding hydrogens is 368 g/mol. The molecule has 0 aromatic carbocycles. The van der Waals surface area contributed by atoms with Crippen molar-refractivity contribution < 1.29 is 0 Å². The Kier molecular flexibility index (Phi) is 5.70. The predicted octanol–water partition coefficient (Wildman–Crippen LogP) is 4.57. The Morgan fingerprint density at radius 2 is 1.03 bits per heavy atom. The number of nitrogens with zero attached hydrogens (tertiary/aromatic N) is 4. The number of rotatable bonds is 6. The summed E-state index contributed by atoms with van der Waals surface area (Å²) < 4.78 is 4.75. The number of aromatic nitrogens is 2. The molecule has 5 rings (SSSR count). The monoisotopic (exact) mass is 404 g/mol. The largest absolute Gasteiger partial charge is 0.324 e. The number of hydrogen-bond acceptors (Lipinski definition) is 2. The minimum atomic E-state index is 1.05. The Balaban J connectivity index is 1.22. The molecule has 1 fully saturated rings. The zero-order chi connectivity index (χ0) is 20.5. The maximum absolute atomic E-state index is 4.09. The summed E-state index contributed by atoms with van der Waals surface area (Å²) >= 11 is 0. The molecule has 0 radical (unpaired) electrons. The smallest absolute Gasteiger partial charge is 0.0391 e. The van der Waals surface area contributed by atoms with Gasteiger partial charge in [0.25, 0.3) is 0 Å². The summed E-state index contributed by atoms with van der Waals surface area (Å²) in [5, 5.41) is 0. The van der Waals surface area contributed by atoms with E-state index in [2.05, 4.69) is 44.2 Å². The van der Waals surface area contributed by atoms with Crippen LogP contribution in [0.2, 0.25) is 0 Å². The van der Waals surface area contributed by atoms with Crippen LogP contribution in [0.4, 0.5) is 0 Å². The van der Waals surface area contributed by atoms with E-state index in [4.69, 9.17) is 0 Å². The molecule has 0 unspecified atom stereocenters. The van der Waals surface area contributed by atoms with E-state index >= 15 is 0 Å². The van der Waals surface area contributed by atoms with Crippen molar-refractivity contribution >= 4 is 12.4 Å². The first-order chi connectivity index (χ1) is 14.8. The fourth-order valence-corrected chi connectivity index (χ4v) is 5.84. The molecule has 2 aromatic heterocycles. The Labute approximate surface area is 181 Å². The standard InChI is InChI=1S/C26H36N4/c1-3-29-23(17-21-9-5-7-11-25(21)29)19-27-13-15-28(16-14-27)20-24-18-22-10-6-8-12-26(22)30(24)4-2/h3-4,17-18H,1-2,5-16,19-20H2. The first-order valence-corrected chi connectivity index (χ1v) is 11.9. The Morgan fingerprint density at radius 3 is 1.43 bits per heavy atom. The Hall–Kier alpha value is -2.04. The van der Waals surface area contributed by atoms with E-state index in [1.807, 2.05) is 12.4 Å². The van der Waals surface area contributed by atoms with Crippen molar-refractivity contribution in [2.45, 2.75) is 64.5 Å². The minimum absolute atomic E-state index is 1.05. The van der Waals surface area contributed by atoms with Gasteiger partial charge >= 0.3 is 0 Å².